The summed E-state index contributed by atoms with van der Waals surface area (Å²) in [5, 5.41) is 22.3. The maximum absolute atomic E-state index is 16.9. The van der Waals surface area contributed by atoms with Gasteiger partial charge in [-0.2, -0.15) is 0 Å². The van der Waals surface area contributed by atoms with Crippen LogP contribution in [0, 0.1) is 17.8 Å². The van der Waals surface area contributed by atoms with E-state index in [9.17, 15) is 24.3 Å². The molecule has 2 aromatic rings. The number of nitrogens with zero attached hydrogens (tertiary/aromatic N) is 6. The third-order valence-corrected chi connectivity index (χ3v) is 12.9. The van der Waals surface area contributed by atoms with Gasteiger partial charge in [-0.1, -0.05) is 45.1 Å². The molecule has 0 aliphatic carbocycles. The maximum Gasteiger partial charge on any atom is 0.411 e. The minimum absolute atomic E-state index is 0.0160. The number of amides is 1. The van der Waals surface area contributed by atoms with Gasteiger partial charge in [0.25, 0.3) is 5.67 Å². The number of methoxy groups -OCH3 is 1. The van der Waals surface area contributed by atoms with Crippen LogP contribution < -0.4 is 0 Å². The molecule has 5 heterocycles. The van der Waals surface area contributed by atoms with Crippen LogP contribution in [0.1, 0.15) is 74.7 Å². The van der Waals surface area contributed by atoms with Gasteiger partial charge in [-0.05, 0) is 61.1 Å². The van der Waals surface area contributed by atoms with Crippen LogP contribution in [0.3, 0.4) is 0 Å². The lowest BCUT2D eigenvalue weighted by Crippen LogP contribution is -2.61. The summed E-state index contributed by atoms with van der Waals surface area (Å²) in [5.74, 6) is -5.92. The van der Waals surface area contributed by atoms with Crippen LogP contribution in [0.15, 0.2) is 29.9 Å². The number of Topliss-reactive ketones (excluding diaryl/α,β-unsaturated/α-hetero) is 2. The number of halogens is 1. The molecule has 2 aromatic heterocycles. The van der Waals surface area contributed by atoms with E-state index < -0.39 is 83.1 Å². The van der Waals surface area contributed by atoms with E-state index in [1.54, 1.807) is 63.8 Å². The van der Waals surface area contributed by atoms with Crippen LogP contribution in [0.4, 0.5) is 9.18 Å². The standard InChI is InChI=1S/C40H59FN6O10S/c1-12-28-40(8)31(47(37(52)57-40)17-14-13-16-46-21-26(43-44-46)34-42-15-18-58-34)24(4)29(48)22(2)20-38(6,53-11)33(25(5)32(50)39(7,41)36(51)55-28)56-35-30(49)27(45(9)10)19-23(3)54-35/h13-15,18,21-25,27-28,30-31,33,35,49H,12,16-17,19-20H2,1-11H3/b14-13+/t22-,23-,24+,25+,27?,28-,30?,31-,33-,35+,38-,39+,40-/m1/s1. The number of allylic oxidation sites excluding steroid dienone is 1. The largest absolute Gasteiger partial charge is 0.455 e. The highest BCUT2D eigenvalue weighted by molar-refractivity contribution is 7.13. The highest BCUT2D eigenvalue weighted by Gasteiger charge is 2.61. The summed E-state index contributed by atoms with van der Waals surface area (Å²) < 4.78 is 48.9. The maximum atomic E-state index is 16.9. The summed E-state index contributed by atoms with van der Waals surface area (Å²) in [5.41, 5.74) is -5.66. The number of aliphatic hydroxyl groups excluding tert-OH is 1. The molecular formula is C40H59FN6O10S. The molecule has 0 aromatic carbocycles. The number of fused-ring (bicyclic) bond motifs is 1. The van der Waals surface area contributed by atoms with E-state index in [1.807, 2.05) is 31.3 Å². The Morgan fingerprint density at radius 2 is 1.78 bits per heavy atom. The highest BCUT2D eigenvalue weighted by atomic mass is 32.1. The Bertz CT molecular complexity index is 1810. The van der Waals surface area contributed by atoms with Crippen LogP contribution in [-0.2, 0) is 44.6 Å². The number of carbonyl (C=O) groups is 4. The lowest BCUT2D eigenvalue weighted by atomic mass is 9.73. The summed E-state index contributed by atoms with van der Waals surface area (Å²) in [4.78, 5) is 64.0. The second kappa shape index (κ2) is 17.9. The zero-order valence-corrected chi connectivity index (χ0v) is 36.1. The molecule has 1 N–H and O–H groups in total. The Balaban J connectivity index is 1.49. The highest BCUT2D eigenvalue weighted by Crippen LogP contribution is 2.43. The monoisotopic (exact) mass is 834 g/mol. The molecule has 13 atom stereocenters. The summed E-state index contributed by atoms with van der Waals surface area (Å²) in [7, 11) is 5.03. The summed E-state index contributed by atoms with van der Waals surface area (Å²) in [6.45, 7) is 12.7. The quantitative estimate of drug-likeness (QED) is 0.204. The molecule has 58 heavy (non-hydrogen) atoms. The number of cyclic esters (lactones) is 1. The van der Waals surface area contributed by atoms with Crippen LogP contribution in [-0.4, -0.2) is 146 Å². The van der Waals surface area contributed by atoms with E-state index >= 15 is 4.39 Å². The van der Waals surface area contributed by atoms with Gasteiger partial charge in [0.2, 0.25) is 0 Å². The van der Waals surface area contributed by atoms with Gasteiger partial charge in [0.05, 0.1) is 36.6 Å². The molecule has 16 nitrogen and oxygen atoms in total. The molecule has 0 spiro atoms. The molecule has 2 unspecified atom stereocenters. The van der Waals surface area contributed by atoms with E-state index in [0.29, 0.717) is 18.7 Å². The average Bonchev–Trinajstić information content (AvgIpc) is 3.94. The lowest BCUT2D eigenvalue weighted by Gasteiger charge is -2.47. The number of ketones is 2. The molecule has 0 saturated carbocycles. The van der Waals surface area contributed by atoms with Crippen molar-refractivity contribution in [3.63, 3.8) is 0 Å². The van der Waals surface area contributed by atoms with Crippen LogP contribution in [0.2, 0.25) is 0 Å². The first-order valence-corrected chi connectivity index (χ1v) is 20.7. The Kier molecular flexibility index (Phi) is 14.0. The second-order valence-electron chi connectivity index (χ2n) is 16.7. The molecule has 3 saturated heterocycles. The molecule has 3 aliphatic heterocycles. The predicted molar refractivity (Wildman–Crippen MR) is 210 cm³/mol. The number of rotatable bonds is 10. The zero-order valence-electron chi connectivity index (χ0n) is 35.3. The second-order valence-corrected chi connectivity index (χ2v) is 17.6. The van der Waals surface area contributed by atoms with E-state index in [2.05, 4.69) is 15.3 Å². The number of aromatic nitrogens is 4. The first-order valence-electron chi connectivity index (χ1n) is 19.8. The van der Waals surface area contributed by atoms with Crippen LogP contribution in [0.5, 0.6) is 0 Å². The molecule has 3 aliphatic rings. The van der Waals surface area contributed by atoms with Crippen molar-refractivity contribution in [3.05, 3.63) is 29.9 Å². The number of carbonyl (C=O) groups excluding carboxylic acids is 4. The Labute approximate surface area is 343 Å². The number of aliphatic hydroxyl groups is 1. The lowest BCUT2D eigenvalue weighted by molar-refractivity contribution is -0.295. The average molecular weight is 835 g/mol. The van der Waals surface area contributed by atoms with Gasteiger partial charge in [-0.15, -0.1) is 16.4 Å². The van der Waals surface area contributed by atoms with Crippen molar-refractivity contribution in [1.29, 1.82) is 0 Å². The molecule has 322 valence electrons. The number of hydrogen-bond acceptors (Lipinski definition) is 15. The fourth-order valence-corrected chi connectivity index (χ4v) is 9.46. The molecule has 0 radical (unpaired) electrons. The Morgan fingerprint density at radius 1 is 1.09 bits per heavy atom. The predicted octanol–water partition coefficient (Wildman–Crippen LogP) is 4.25. The van der Waals surface area contributed by atoms with Crippen molar-refractivity contribution >= 4 is 35.0 Å². The zero-order chi connectivity index (χ0) is 42.9. The number of ether oxygens (including phenoxy) is 5. The minimum atomic E-state index is -3.19. The van der Waals surface area contributed by atoms with Gasteiger partial charge in [-0.25, -0.2) is 23.6 Å². The van der Waals surface area contributed by atoms with Crippen molar-refractivity contribution in [2.45, 2.75) is 141 Å². The van der Waals surface area contributed by atoms with Gasteiger partial charge in [0.15, 0.2) is 17.7 Å². The van der Waals surface area contributed by atoms with Crippen molar-refractivity contribution in [1.82, 2.24) is 29.8 Å². The van der Waals surface area contributed by atoms with Gasteiger partial charge >= 0.3 is 12.1 Å². The van der Waals surface area contributed by atoms with Crippen LogP contribution in [0.25, 0.3) is 10.7 Å². The molecule has 18 heteroatoms. The number of esters is 1. The Hall–Kier alpha value is -3.68. The third-order valence-electron chi connectivity index (χ3n) is 12.1. The fourth-order valence-electron chi connectivity index (χ4n) is 8.88. The third kappa shape index (κ3) is 8.92. The summed E-state index contributed by atoms with van der Waals surface area (Å²) in [6, 6.07) is -1.35. The molecule has 5 rings (SSSR count). The van der Waals surface area contributed by atoms with Crippen molar-refractivity contribution in [2.24, 2.45) is 17.8 Å². The van der Waals surface area contributed by atoms with Crippen molar-refractivity contribution in [3.8, 4) is 10.7 Å². The topological polar surface area (TPSA) is 185 Å². The van der Waals surface area contributed by atoms with Gasteiger partial charge < -0.3 is 33.7 Å². The first-order chi connectivity index (χ1) is 27.2. The van der Waals surface area contributed by atoms with Gasteiger partial charge in [-0.3, -0.25) is 14.5 Å². The SMILES string of the molecule is CC[C@H]1OC(=O)[C@@](C)(F)C(=O)[C@H](C)[C@@H](O[C@@H]2O[C@H](C)CC(N(C)C)C2O)[C@](C)(OC)C[C@@H](C)C(=O)[C@H](C)[C@H]2N(C/C=C/Cn3cc(-c4nccs4)nn3)C(=O)O[C@]12C. The molecule has 1 amide bonds. The van der Waals surface area contributed by atoms with E-state index in [-0.39, 0.29) is 37.3 Å². The first kappa shape index (κ1) is 45.4. The van der Waals surface area contributed by atoms with E-state index in [0.717, 1.165) is 11.9 Å². The minimum Gasteiger partial charge on any atom is -0.455 e. The fraction of sp³-hybridized carbons (Fsp3) is 0.725. The van der Waals surface area contributed by atoms with Crippen molar-refractivity contribution in [2.75, 3.05) is 27.7 Å². The van der Waals surface area contributed by atoms with Gasteiger partial charge in [0.1, 0.15) is 28.7 Å². The molecule has 0 bridgehead atoms. The summed E-state index contributed by atoms with van der Waals surface area (Å²) in [6.07, 6.45) is 1.42. The Morgan fingerprint density at radius 3 is 2.40 bits per heavy atom. The normalized spacial score (nSPS) is 38.2. The molecule has 3 fully saturated rings. The smallest absolute Gasteiger partial charge is 0.411 e. The van der Waals surface area contributed by atoms with Crippen molar-refractivity contribution < 1.29 is 52.4 Å². The summed E-state index contributed by atoms with van der Waals surface area (Å²) >= 11 is 1.44. The molecular weight excluding hydrogens is 776 g/mol. The van der Waals surface area contributed by atoms with E-state index in [4.69, 9.17) is 23.7 Å². The van der Waals surface area contributed by atoms with Gasteiger partial charge in [0, 0.05) is 49.0 Å². The number of likely N-dealkylation sites (N-methyl/N-ethyl adjacent to an activating group) is 1. The number of thiazole rings is 1. The number of hydrogen-bond donors (Lipinski definition) is 1. The number of alkyl halides is 1. The van der Waals surface area contributed by atoms with E-state index in [1.165, 1.54) is 30.3 Å². The van der Waals surface area contributed by atoms with Crippen LogP contribution >= 0.6 is 11.3 Å².